The van der Waals surface area contributed by atoms with Gasteiger partial charge in [0.1, 0.15) is 0 Å². The van der Waals surface area contributed by atoms with Crippen LogP contribution < -0.4 is 5.32 Å². The summed E-state index contributed by atoms with van der Waals surface area (Å²) in [5.74, 6) is 0. The lowest BCUT2D eigenvalue weighted by atomic mass is 9.80. The van der Waals surface area contributed by atoms with Crippen molar-refractivity contribution in [3.8, 4) is 0 Å². The number of rotatable bonds is 7. The molecule has 1 aliphatic rings. The molecule has 1 saturated heterocycles. The van der Waals surface area contributed by atoms with E-state index in [1.165, 1.54) is 48.8 Å². The van der Waals surface area contributed by atoms with Gasteiger partial charge in [0.25, 0.3) is 0 Å². The molecule has 1 unspecified atom stereocenters. The molecule has 1 aromatic rings. The minimum absolute atomic E-state index is 0.285. The molecule has 118 valence electrons. The minimum atomic E-state index is 0.285. The normalized spacial score (nSPS) is 18.1. The van der Waals surface area contributed by atoms with Gasteiger partial charge in [-0.25, -0.2) is 0 Å². The van der Waals surface area contributed by atoms with E-state index in [-0.39, 0.29) is 5.54 Å². The highest BCUT2D eigenvalue weighted by Gasteiger charge is 2.41. The van der Waals surface area contributed by atoms with Crippen LogP contribution in [-0.2, 0) is 6.42 Å². The Morgan fingerprint density at radius 2 is 1.90 bits per heavy atom. The number of likely N-dealkylation sites (tertiary alicyclic amines) is 1. The summed E-state index contributed by atoms with van der Waals surface area (Å²) >= 11 is 3.59. The summed E-state index contributed by atoms with van der Waals surface area (Å²) in [6.45, 7) is 7.23. The maximum atomic E-state index is 3.63. The van der Waals surface area contributed by atoms with Gasteiger partial charge in [-0.3, -0.25) is 4.90 Å². The Bertz CT molecular complexity index is 437. The number of hydrogen-bond acceptors (Lipinski definition) is 2. The van der Waals surface area contributed by atoms with Gasteiger partial charge in [-0.2, -0.15) is 0 Å². The maximum Gasteiger partial charge on any atom is 0.0360 e. The van der Waals surface area contributed by atoms with E-state index >= 15 is 0 Å². The lowest BCUT2D eigenvalue weighted by molar-refractivity contribution is 0.0650. The molecule has 1 heterocycles. The van der Waals surface area contributed by atoms with E-state index < -0.39 is 0 Å². The highest BCUT2D eigenvalue weighted by molar-refractivity contribution is 9.10. The van der Waals surface area contributed by atoms with Crippen molar-refractivity contribution < 1.29 is 0 Å². The summed E-state index contributed by atoms with van der Waals surface area (Å²) in [5, 5.41) is 3.63. The lowest BCUT2D eigenvalue weighted by Crippen LogP contribution is -2.60. The predicted molar refractivity (Wildman–Crippen MR) is 94.8 cm³/mol. The molecule has 1 atom stereocenters. The van der Waals surface area contributed by atoms with Gasteiger partial charge >= 0.3 is 0 Å². The summed E-state index contributed by atoms with van der Waals surface area (Å²) in [5.41, 5.74) is 1.70. The van der Waals surface area contributed by atoms with Crippen molar-refractivity contribution in [1.82, 2.24) is 10.2 Å². The monoisotopic (exact) mass is 352 g/mol. The molecule has 1 fully saturated rings. The lowest BCUT2D eigenvalue weighted by Gasteiger charge is -2.47. The highest BCUT2D eigenvalue weighted by atomic mass is 79.9. The molecular formula is C18H29BrN2. The van der Waals surface area contributed by atoms with Crippen LogP contribution in [0.4, 0.5) is 0 Å². The first kappa shape index (κ1) is 17.0. The molecule has 2 nitrogen and oxygen atoms in total. The van der Waals surface area contributed by atoms with Crippen LogP contribution in [0.2, 0.25) is 0 Å². The molecule has 0 bridgehead atoms. The van der Waals surface area contributed by atoms with Crippen LogP contribution in [0.15, 0.2) is 28.7 Å². The van der Waals surface area contributed by atoms with Crippen LogP contribution in [0.3, 0.4) is 0 Å². The largest absolute Gasteiger partial charge is 0.315 e. The number of halogens is 1. The third-order valence-electron chi connectivity index (χ3n) is 5.29. The van der Waals surface area contributed by atoms with Crippen molar-refractivity contribution in [2.45, 2.75) is 57.5 Å². The van der Waals surface area contributed by atoms with Crippen LogP contribution in [-0.4, -0.2) is 36.6 Å². The molecule has 0 amide bonds. The van der Waals surface area contributed by atoms with Crippen LogP contribution in [0, 0.1) is 0 Å². The molecule has 0 saturated carbocycles. The van der Waals surface area contributed by atoms with Crippen LogP contribution in [0.5, 0.6) is 0 Å². The van der Waals surface area contributed by atoms with Gasteiger partial charge in [-0.1, -0.05) is 41.9 Å². The molecule has 1 aliphatic heterocycles. The summed E-state index contributed by atoms with van der Waals surface area (Å²) in [7, 11) is 2.12. The molecule has 1 aromatic carbocycles. The molecule has 2 rings (SSSR count). The Labute approximate surface area is 138 Å². The summed E-state index contributed by atoms with van der Waals surface area (Å²) < 4.78 is 1.18. The van der Waals surface area contributed by atoms with E-state index in [0.29, 0.717) is 6.04 Å². The predicted octanol–water partition coefficient (Wildman–Crippen LogP) is 4.23. The first-order valence-corrected chi connectivity index (χ1v) is 9.12. The number of likely N-dealkylation sites (N-methyl/N-ethyl adjacent to an activating group) is 1. The first-order chi connectivity index (χ1) is 10.2. The molecule has 0 aromatic heterocycles. The highest BCUT2D eigenvalue weighted by Crippen LogP contribution is 2.33. The molecule has 3 heteroatoms. The zero-order valence-electron chi connectivity index (χ0n) is 13.7. The van der Waals surface area contributed by atoms with Crippen molar-refractivity contribution in [3.05, 3.63) is 34.3 Å². The van der Waals surface area contributed by atoms with Crippen molar-refractivity contribution >= 4 is 15.9 Å². The fourth-order valence-electron chi connectivity index (χ4n) is 4.03. The molecule has 0 radical (unpaired) electrons. The molecule has 0 aliphatic carbocycles. The first-order valence-electron chi connectivity index (χ1n) is 8.33. The van der Waals surface area contributed by atoms with Crippen LogP contribution in [0.25, 0.3) is 0 Å². The van der Waals surface area contributed by atoms with Gasteiger partial charge in [0, 0.05) is 16.1 Å². The van der Waals surface area contributed by atoms with Crippen molar-refractivity contribution in [3.63, 3.8) is 0 Å². The summed E-state index contributed by atoms with van der Waals surface area (Å²) in [4.78, 5) is 2.74. The quantitative estimate of drug-likeness (QED) is 0.789. The number of nitrogens with one attached hydrogen (secondary N) is 1. The fraction of sp³-hybridized carbons (Fsp3) is 0.667. The van der Waals surface area contributed by atoms with E-state index in [2.05, 4.69) is 71.3 Å². The van der Waals surface area contributed by atoms with Gasteiger partial charge in [0.05, 0.1) is 0 Å². The van der Waals surface area contributed by atoms with E-state index in [4.69, 9.17) is 0 Å². The van der Waals surface area contributed by atoms with Gasteiger partial charge in [0.2, 0.25) is 0 Å². The van der Waals surface area contributed by atoms with Gasteiger partial charge < -0.3 is 5.32 Å². The average Bonchev–Trinajstić information content (AvgIpc) is 3.02. The Hall–Kier alpha value is -0.380. The second-order valence-electron chi connectivity index (χ2n) is 6.18. The molecule has 0 spiro atoms. The van der Waals surface area contributed by atoms with E-state index in [0.717, 1.165) is 6.42 Å². The summed E-state index contributed by atoms with van der Waals surface area (Å²) in [6.07, 6.45) is 6.23. The standard InChI is InChI=1S/C18H29BrN2/c1-4-18(5-2,21-11-6-7-12-21)17(20-3)14-15-9-8-10-16(19)13-15/h8-10,13,17,20H,4-7,11-12,14H2,1-3H3. The van der Waals surface area contributed by atoms with Crippen molar-refractivity contribution in [2.24, 2.45) is 0 Å². The smallest absolute Gasteiger partial charge is 0.0360 e. The van der Waals surface area contributed by atoms with Crippen molar-refractivity contribution in [1.29, 1.82) is 0 Å². The second kappa shape index (κ2) is 7.75. The van der Waals surface area contributed by atoms with E-state index in [9.17, 15) is 0 Å². The maximum absolute atomic E-state index is 3.63. The number of hydrogen-bond donors (Lipinski definition) is 1. The average molecular weight is 353 g/mol. The zero-order chi connectivity index (χ0) is 15.3. The molecular weight excluding hydrogens is 324 g/mol. The molecule has 1 N–H and O–H groups in total. The van der Waals surface area contributed by atoms with Crippen molar-refractivity contribution in [2.75, 3.05) is 20.1 Å². The third-order valence-corrected chi connectivity index (χ3v) is 5.78. The topological polar surface area (TPSA) is 15.3 Å². The van der Waals surface area contributed by atoms with E-state index in [1.54, 1.807) is 0 Å². The number of nitrogens with zero attached hydrogens (tertiary/aromatic N) is 1. The SMILES string of the molecule is CCC(CC)(C(Cc1cccc(Br)c1)NC)N1CCCC1. The van der Waals surface area contributed by atoms with Gasteiger partial charge in [-0.15, -0.1) is 0 Å². The summed E-state index contributed by atoms with van der Waals surface area (Å²) in [6, 6.07) is 9.24. The van der Waals surface area contributed by atoms with Crippen LogP contribution >= 0.6 is 15.9 Å². The number of benzene rings is 1. The second-order valence-corrected chi connectivity index (χ2v) is 7.10. The Morgan fingerprint density at radius 3 is 2.43 bits per heavy atom. The minimum Gasteiger partial charge on any atom is -0.315 e. The Morgan fingerprint density at radius 1 is 1.24 bits per heavy atom. The van der Waals surface area contributed by atoms with Gasteiger partial charge in [-0.05, 0) is 69.9 Å². The van der Waals surface area contributed by atoms with E-state index in [1.807, 2.05) is 0 Å². The Balaban J connectivity index is 2.22. The third kappa shape index (κ3) is 3.69. The Kier molecular flexibility index (Phi) is 6.27. The van der Waals surface area contributed by atoms with Gasteiger partial charge in [0.15, 0.2) is 0 Å². The van der Waals surface area contributed by atoms with Crippen LogP contribution in [0.1, 0.15) is 45.1 Å². The molecule has 21 heavy (non-hydrogen) atoms. The zero-order valence-corrected chi connectivity index (χ0v) is 15.2. The fourth-order valence-corrected chi connectivity index (χ4v) is 4.48.